The van der Waals surface area contributed by atoms with Gasteiger partial charge in [0.1, 0.15) is 5.69 Å². The van der Waals surface area contributed by atoms with E-state index in [1.165, 1.54) is 5.56 Å². The quantitative estimate of drug-likeness (QED) is 0.872. The summed E-state index contributed by atoms with van der Waals surface area (Å²) in [5.74, 6) is -0.352. The molecule has 2 rings (SSSR count). The van der Waals surface area contributed by atoms with Gasteiger partial charge >= 0.3 is 5.69 Å². The van der Waals surface area contributed by atoms with Crippen molar-refractivity contribution >= 4 is 5.91 Å². The molecule has 0 saturated heterocycles. The van der Waals surface area contributed by atoms with Crippen LogP contribution in [0.1, 0.15) is 48.1 Å². The molecule has 6 heteroatoms. The first-order valence-electron chi connectivity index (χ1n) is 8.28. The zero-order valence-corrected chi connectivity index (χ0v) is 15.5. The molecule has 0 atom stereocenters. The minimum atomic E-state index is -0.509. The molecule has 0 aliphatic heterocycles. The van der Waals surface area contributed by atoms with Crippen LogP contribution in [-0.4, -0.2) is 34.9 Å². The Morgan fingerprint density at radius 2 is 1.88 bits per heavy atom. The number of carbonyl (C=O) groups is 1. The van der Waals surface area contributed by atoms with Crippen LogP contribution in [0.4, 0.5) is 0 Å². The van der Waals surface area contributed by atoms with E-state index in [1.54, 1.807) is 6.07 Å². The van der Waals surface area contributed by atoms with Crippen molar-refractivity contribution in [2.45, 2.75) is 39.3 Å². The van der Waals surface area contributed by atoms with Crippen LogP contribution in [0.15, 0.2) is 35.1 Å². The summed E-state index contributed by atoms with van der Waals surface area (Å²) in [5, 5.41) is 2.83. The van der Waals surface area contributed by atoms with Gasteiger partial charge in [0.15, 0.2) is 0 Å². The van der Waals surface area contributed by atoms with Gasteiger partial charge in [-0.3, -0.25) is 4.79 Å². The summed E-state index contributed by atoms with van der Waals surface area (Å²) >= 11 is 0. The van der Waals surface area contributed by atoms with Crippen LogP contribution >= 0.6 is 0 Å². The maximum Gasteiger partial charge on any atom is 0.345 e. The molecule has 2 aromatic rings. The van der Waals surface area contributed by atoms with E-state index in [0.29, 0.717) is 12.2 Å². The number of aromatic nitrogens is 2. The third-order valence-electron chi connectivity index (χ3n) is 3.73. The monoisotopic (exact) mass is 342 g/mol. The Labute approximate surface area is 148 Å². The molecule has 0 radical (unpaired) electrons. The second kappa shape index (κ2) is 7.61. The van der Waals surface area contributed by atoms with E-state index in [0.717, 1.165) is 12.1 Å². The molecule has 1 aromatic heterocycles. The summed E-state index contributed by atoms with van der Waals surface area (Å²) in [7, 11) is 4.03. The van der Waals surface area contributed by atoms with E-state index in [2.05, 4.69) is 32.3 Å². The van der Waals surface area contributed by atoms with Gasteiger partial charge in [-0.2, -0.15) is 4.98 Å². The van der Waals surface area contributed by atoms with Crippen molar-refractivity contribution in [3.63, 3.8) is 0 Å². The summed E-state index contributed by atoms with van der Waals surface area (Å²) in [6.07, 6.45) is 0. The number of hydrogen-bond acceptors (Lipinski definition) is 4. The molecule has 1 aromatic carbocycles. The molecule has 134 valence electrons. The first-order chi connectivity index (χ1) is 11.6. The molecule has 0 bridgehead atoms. The Bertz CT molecular complexity index is 804. The molecule has 6 nitrogen and oxygen atoms in total. The SMILES string of the molecule is CN(C)Cc1cccc(CNC(=O)c2cc(C(C)(C)C)[nH]c(=O)n2)c1. The Balaban J connectivity index is 2.11. The topological polar surface area (TPSA) is 78.1 Å². The number of H-pyrrole nitrogens is 1. The molecule has 0 aliphatic rings. The third kappa shape index (κ3) is 5.53. The molecule has 0 aliphatic carbocycles. The highest BCUT2D eigenvalue weighted by molar-refractivity contribution is 5.92. The average molecular weight is 342 g/mol. The van der Waals surface area contributed by atoms with Gasteiger partial charge in [-0.05, 0) is 31.3 Å². The molecular formula is C19H26N4O2. The molecule has 1 heterocycles. The highest BCUT2D eigenvalue weighted by atomic mass is 16.2. The van der Waals surface area contributed by atoms with Gasteiger partial charge < -0.3 is 15.2 Å². The normalized spacial score (nSPS) is 11.6. The van der Waals surface area contributed by atoms with Gasteiger partial charge in [0.05, 0.1) is 0 Å². The standard InChI is InChI=1S/C19H26N4O2/c1-19(2,3)16-10-15(21-18(25)22-16)17(24)20-11-13-7-6-8-14(9-13)12-23(4)5/h6-10H,11-12H2,1-5H3,(H,20,24)(H,21,22,25). The largest absolute Gasteiger partial charge is 0.347 e. The molecular weight excluding hydrogens is 316 g/mol. The van der Waals surface area contributed by atoms with E-state index >= 15 is 0 Å². The van der Waals surface area contributed by atoms with Crippen molar-refractivity contribution in [2.24, 2.45) is 0 Å². The summed E-state index contributed by atoms with van der Waals surface area (Å²) in [4.78, 5) is 32.7. The Kier molecular flexibility index (Phi) is 5.74. The molecule has 0 spiro atoms. The first kappa shape index (κ1) is 18.9. The van der Waals surface area contributed by atoms with E-state index in [-0.39, 0.29) is 17.0 Å². The van der Waals surface area contributed by atoms with Crippen molar-refractivity contribution in [1.29, 1.82) is 0 Å². The molecule has 0 saturated carbocycles. The van der Waals surface area contributed by atoms with Crippen LogP contribution < -0.4 is 11.0 Å². The van der Waals surface area contributed by atoms with Crippen molar-refractivity contribution < 1.29 is 4.79 Å². The first-order valence-corrected chi connectivity index (χ1v) is 8.28. The highest BCUT2D eigenvalue weighted by Crippen LogP contribution is 2.18. The van der Waals surface area contributed by atoms with Gasteiger partial charge in [0, 0.05) is 24.2 Å². The number of aromatic amines is 1. The van der Waals surface area contributed by atoms with Crippen molar-refractivity contribution in [1.82, 2.24) is 20.2 Å². The second-order valence-electron chi connectivity index (χ2n) is 7.48. The minimum absolute atomic E-state index is 0.137. The van der Waals surface area contributed by atoms with E-state index in [1.807, 2.05) is 47.0 Å². The van der Waals surface area contributed by atoms with Gasteiger partial charge in [-0.25, -0.2) is 4.79 Å². The number of nitrogens with zero attached hydrogens (tertiary/aromatic N) is 2. The zero-order chi connectivity index (χ0) is 18.6. The fourth-order valence-corrected chi connectivity index (χ4v) is 2.45. The summed E-state index contributed by atoms with van der Waals surface area (Å²) in [5.41, 5.74) is 2.24. The average Bonchev–Trinajstić information content (AvgIpc) is 2.51. The fourth-order valence-electron chi connectivity index (χ4n) is 2.45. The maximum absolute atomic E-state index is 12.4. The van der Waals surface area contributed by atoms with Crippen LogP contribution in [0, 0.1) is 0 Å². The van der Waals surface area contributed by atoms with Crippen molar-refractivity contribution in [2.75, 3.05) is 14.1 Å². The molecule has 25 heavy (non-hydrogen) atoms. The number of nitrogens with one attached hydrogen (secondary N) is 2. The summed E-state index contributed by atoms with van der Waals surface area (Å²) in [6, 6.07) is 9.69. The van der Waals surface area contributed by atoms with Crippen molar-refractivity contribution in [3.05, 3.63) is 63.3 Å². The lowest BCUT2D eigenvalue weighted by Gasteiger charge is -2.18. The fraction of sp³-hybridized carbons (Fsp3) is 0.421. The summed E-state index contributed by atoms with van der Waals surface area (Å²) < 4.78 is 0. The second-order valence-corrected chi connectivity index (χ2v) is 7.48. The highest BCUT2D eigenvalue weighted by Gasteiger charge is 2.18. The smallest absolute Gasteiger partial charge is 0.345 e. The van der Waals surface area contributed by atoms with Gasteiger partial charge in [0.25, 0.3) is 5.91 Å². The number of amides is 1. The number of rotatable bonds is 5. The Morgan fingerprint density at radius 1 is 1.20 bits per heavy atom. The number of benzene rings is 1. The number of carbonyl (C=O) groups excluding carboxylic acids is 1. The van der Waals surface area contributed by atoms with Crippen LogP contribution in [-0.2, 0) is 18.5 Å². The summed E-state index contributed by atoms with van der Waals surface area (Å²) in [6.45, 7) is 7.13. The van der Waals surface area contributed by atoms with Crippen molar-refractivity contribution in [3.8, 4) is 0 Å². The molecule has 0 unspecified atom stereocenters. The molecule has 0 fully saturated rings. The lowest BCUT2D eigenvalue weighted by molar-refractivity contribution is 0.0945. The molecule has 1 amide bonds. The van der Waals surface area contributed by atoms with Crippen LogP contribution in [0.2, 0.25) is 0 Å². The predicted octanol–water partition coefficient (Wildman–Crippen LogP) is 2.06. The van der Waals surface area contributed by atoms with E-state index in [4.69, 9.17) is 0 Å². The van der Waals surface area contributed by atoms with Crippen LogP contribution in [0.25, 0.3) is 0 Å². The number of hydrogen-bond donors (Lipinski definition) is 2. The van der Waals surface area contributed by atoms with E-state index in [9.17, 15) is 9.59 Å². The third-order valence-corrected chi connectivity index (χ3v) is 3.73. The Hall–Kier alpha value is -2.47. The maximum atomic E-state index is 12.4. The van der Waals surface area contributed by atoms with Crippen LogP contribution in [0.3, 0.4) is 0 Å². The van der Waals surface area contributed by atoms with E-state index < -0.39 is 5.69 Å². The van der Waals surface area contributed by atoms with Gasteiger partial charge in [-0.1, -0.05) is 45.0 Å². The zero-order valence-electron chi connectivity index (χ0n) is 15.5. The van der Waals surface area contributed by atoms with Gasteiger partial charge in [-0.15, -0.1) is 0 Å². The lowest BCUT2D eigenvalue weighted by Crippen LogP contribution is -2.29. The van der Waals surface area contributed by atoms with Crippen LogP contribution in [0.5, 0.6) is 0 Å². The minimum Gasteiger partial charge on any atom is -0.347 e. The van der Waals surface area contributed by atoms with Gasteiger partial charge in [0.2, 0.25) is 0 Å². The predicted molar refractivity (Wildman–Crippen MR) is 98.6 cm³/mol. The lowest BCUT2D eigenvalue weighted by atomic mass is 9.91. The molecule has 2 N–H and O–H groups in total. The Morgan fingerprint density at radius 3 is 2.52 bits per heavy atom.